The lowest BCUT2D eigenvalue weighted by Crippen LogP contribution is -2.30. The van der Waals surface area contributed by atoms with E-state index >= 15 is 0 Å². The van der Waals surface area contributed by atoms with Crippen LogP contribution in [0, 0.1) is 0 Å². The minimum Gasteiger partial charge on any atom is -0.328 e. The van der Waals surface area contributed by atoms with E-state index in [1.54, 1.807) is 6.92 Å². The zero-order chi connectivity index (χ0) is 8.65. The van der Waals surface area contributed by atoms with Gasteiger partial charge < -0.3 is 4.90 Å². The van der Waals surface area contributed by atoms with E-state index in [-0.39, 0.29) is 11.7 Å². The summed E-state index contributed by atoms with van der Waals surface area (Å²) in [6, 6.07) is 0. The van der Waals surface area contributed by atoms with Gasteiger partial charge in [-0.25, -0.2) is 8.42 Å². The monoisotopic (exact) mass is 177 g/mol. The smallest absolute Gasteiger partial charge is 0.238 e. The van der Waals surface area contributed by atoms with Gasteiger partial charge in [0.25, 0.3) is 0 Å². The van der Waals surface area contributed by atoms with Gasteiger partial charge in [-0.2, -0.15) is 0 Å². The van der Waals surface area contributed by atoms with Gasteiger partial charge in [0.1, 0.15) is 11.1 Å². The van der Waals surface area contributed by atoms with Gasteiger partial charge in [-0.3, -0.25) is 4.79 Å². The van der Waals surface area contributed by atoms with E-state index < -0.39 is 15.2 Å². The van der Waals surface area contributed by atoms with Crippen LogP contribution in [0.3, 0.4) is 0 Å². The lowest BCUT2D eigenvalue weighted by Gasteiger charge is -2.15. The van der Waals surface area contributed by atoms with E-state index in [0.717, 1.165) is 0 Å². The molecule has 1 unspecified atom stereocenters. The Morgan fingerprint density at radius 3 is 2.36 bits per heavy atom. The highest BCUT2D eigenvalue weighted by atomic mass is 32.2. The summed E-state index contributed by atoms with van der Waals surface area (Å²) < 4.78 is 22.3. The Morgan fingerprint density at radius 2 is 2.18 bits per heavy atom. The summed E-state index contributed by atoms with van der Waals surface area (Å²) in [4.78, 5) is 12.2. The first-order valence-corrected chi connectivity index (χ1v) is 5.18. The van der Waals surface area contributed by atoms with Crippen molar-refractivity contribution in [3.63, 3.8) is 0 Å². The van der Waals surface area contributed by atoms with Gasteiger partial charge in [0.2, 0.25) is 5.91 Å². The molecule has 1 saturated heterocycles. The second kappa shape index (κ2) is 2.48. The summed E-state index contributed by atoms with van der Waals surface area (Å²) in [7, 11) is -1.63. The number of hydrogen-bond donors (Lipinski definition) is 0. The second-order valence-corrected chi connectivity index (χ2v) is 4.83. The zero-order valence-electron chi connectivity index (χ0n) is 6.57. The molecular weight excluding hydrogens is 166 g/mol. The van der Waals surface area contributed by atoms with Crippen molar-refractivity contribution >= 4 is 15.7 Å². The van der Waals surface area contributed by atoms with Crippen LogP contribution in [0.4, 0.5) is 0 Å². The van der Waals surface area contributed by atoms with Crippen molar-refractivity contribution in [3.8, 4) is 0 Å². The van der Waals surface area contributed by atoms with E-state index in [1.165, 1.54) is 11.9 Å². The van der Waals surface area contributed by atoms with E-state index in [1.807, 2.05) is 0 Å². The SMILES string of the molecule is CCC1N(C)C(=O)CS1(=O)=O. The van der Waals surface area contributed by atoms with Crippen molar-refractivity contribution in [1.82, 2.24) is 4.90 Å². The van der Waals surface area contributed by atoms with Gasteiger partial charge in [0, 0.05) is 7.05 Å². The third-order valence-electron chi connectivity index (χ3n) is 1.91. The maximum absolute atomic E-state index is 11.2. The normalized spacial score (nSPS) is 29.5. The predicted molar refractivity (Wildman–Crippen MR) is 40.6 cm³/mol. The van der Waals surface area contributed by atoms with Crippen molar-refractivity contribution in [3.05, 3.63) is 0 Å². The summed E-state index contributed by atoms with van der Waals surface area (Å²) in [5, 5.41) is -0.588. The molecule has 4 nitrogen and oxygen atoms in total. The number of carbonyl (C=O) groups excluding carboxylic acids is 1. The summed E-state index contributed by atoms with van der Waals surface area (Å²) in [6.07, 6.45) is 0.477. The molecule has 0 saturated carbocycles. The molecule has 1 atom stereocenters. The molecular formula is C6H11NO3S. The fraction of sp³-hybridized carbons (Fsp3) is 0.833. The molecule has 11 heavy (non-hydrogen) atoms. The molecule has 1 heterocycles. The van der Waals surface area contributed by atoms with Crippen LogP contribution < -0.4 is 0 Å². The number of hydrogen-bond acceptors (Lipinski definition) is 3. The highest BCUT2D eigenvalue weighted by Crippen LogP contribution is 2.18. The molecule has 0 aromatic carbocycles. The highest BCUT2D eigenvalue weighted by molar-refractivity contribution is 7.93. The van der Waals surface area contributed by atoms with E-state index in [9.17, 15) is 13.2 Å². The Hall–Kier alpha value is -0.580. The number of carbonyl (C=O) groups is 1. The van der Waals surface area contributed by atoms with Gasteiger partial charge in [-0.1, -0.05) is 6.92 Å². The molecule has 0 aromatic rings. The number of rotatable bonds is 1. The Balaban J connectivity index is 3.01. The molecule has 0 bridgehead atoms. The van der Waals surface area contributed by atoms with E-state index in [4.69, 9.17) is 0 Å². The molecule has 1 aliphatic rings. The average molecular weight is 177 g/mol. The first-order valence-electron chi connectivity index (χ1n) is 3.46. The van der Waals surface area contributed by atoms with Crippen LogP contribution in [0.2, 0.25) is 0 Å². The molecule has 1 amide bonds. The standard InChI is InChI=1S/C6H11NO3S/c1-3-6-7(2)5(8)4-11(6,9)10/h6H,3-4H2,1-2H3. The van der Waals surface area contributed by atoms with Gasteiger partial charge in [-0.15, -0.1) is 0 Å². The molecule has 1 rings (SSSR count). The molecule has 1 aliphatic heterocycles. The fourth-order valence-electron chi connectivity index (χ4n) is 1.30. The van der Waals surface area contributed by atoms with Gasteiger partial charge >= 0.3 is 0 Å². The lowest BCUT2D eigenvalue weighted by molar-refractivity contribution is -0.126. The van der Waals surface area contributed by atoms with Crippen LogP contribution in [0.15, 0.2) is 0 Å². The number of nitrogens with zero attached hydrogens (tertiary/aromatic N) is 1. The zero-order valence-corrected chi connectivity index (χ0v) is 7.39. The first kappa shape index (κ1) is 8.52. The average Bonchev–Trinajstić information content (AvgIpc) is 2.03. The molecule has 0 aliphatic carbocycles. The van der Waals surface area contributed by atoms with Crippen LogP contribution >= 0.6 is 0 Å². The predicted octanol–water partition coefficient (Wildman–Crippen LogP) is -0.391. The van der Waals surface area contributed by atoms with Crippen molar-refractivity contribution < 1.29 is 13.2 Å². The lowest BCUT2D eigenvalue weighted by atomic mass is 10.4. The van der Waals surface area contributed by atoms with E-state index in [0.29, 0.717) is 6.42 Å². The Bertz CT molecular complexity index is 270. The second-order valence-electron chi connectivity index (χ2n) is 2.67. The van der Waals surface area contributed by atoms with Gasteiger partial charge in [-0.05, 0) is 6.42 Å². The van der Waals surface area contributed by atoms with Crippen molar-refractivity contribution in [1.29, 1.82) is 0 Å². The number of amides is 1. The maximum atomic E-state index is 11.2. The summed E-state index contributed by atoms with van der Waals surface area (Å²) in [5.74, 6) is -0.612. The van der Waals surface area contributed by atoms with Crippen LogP contribution in [-0.4, -0.2) is 37.4 Å². The Morgan fingerprint density at radius 1 is 1.64 bits per heavy atom. The Labute approximate surface area is 66.1 Å². The molecule has 1 fully saturated rings. The van der Waals surface area contributed by atoms with Gasteiger partial charge in [0.15, 0.2) is 9.84 Å². The molecule has 0 N–H and O–H groups in total. The highest BCUT2D eigenvalue weighted by Gasteiger charge is 2.40. The molecule has 5 heteroatoms. The van der Waals surface area contributed by atoms with Gasteiger partial charge in [0.05, 0.1) is 0 Å². The minimum atomic E-state index is -3.16. The van der Waals surface area contributed by atoms with Crippen molar-refractivity contribution in [2.45, 2.75) is 18.7 Å². The van der Waals surface area contributed by atoms with Crippen LogP contribution in [0.5, 0.6) is 0 Å². The largest absolute Gasteiger partial charge is 0.328 e. The third kappa shape index (κ3) is 1.24. The van der Waals surface area contributed by atoms with Crippen LogP contribution in [0.25, 0.3) is 0 Å². The van der Waals surface area contributed by atoms with Crippen molar-refractivity contribution in [2.75, 3.05) is 12.8 Å². The maximum Gasteiger partial charge on any atom is 0.238 e. The third-order valence-corrected chi connectivity index (χ3v) is 4.04. The molecule has 0 radical (unpaired) electrons. The number of sulfone groups is 1. The summed E-state index contributed by atoms with van der Waals surface area (Å²) in [6.45, 7) is 1.76. The van der Waals surface area contributed by atoms with Crippen LogP contribution in [0.1, 0.15) is 13.3 Å². The summed E-state index contributed by atoms with van der Waals surface area (Å²) >= 11 is 0. The molecule has 0 aromatic heterocycles. The molecule has 64 valence electrons. The van der Waals surface area contributed by atoms with Crippen LogP contribution in [-0.2, 0) is 14.6 Å². The fourth-order valence-corrected chi connectivity index (χ4v) is 3.15. The summed E-state index contributed by atoms with van der Waals surface area (Å²) in [5.41, 5.74) is 0. The van der Waals surface area contributed by atoms with E-state index in [2.05, 4.69) is 0 Å². The topological polar surface area (TPSA) is 54.5 Å². The minimum absolute atomic E-state index is 0.295. The first-order chi connectivity index (χ1) is 4.99. The molecule has 0 spiro atoms. The Kier molecular flexibility index (Phi) is 1.92. The van der Waals surface area contributed by atoms with Crippen molar-refractivity contribution in [2.24, 2.45) is 0 Å². The quantitative estimate of drug-likeness (QED) is 0.548.